The number of pyridine rings is 1. The minimum absolute atomic E-state index is 0.00154. The summed E-state index contributed by atoms with van der Waals surface area (Å²) in [5, 5.41) is 37.6. The first-order chi connectivity index (χ1) is 17.0. The fraction of sp³-hybridized carbons (Fsp3) is 0.607. The molecule has 0 radical (unpaired) electrons. The number of rotatable bonds is 3. The average molecular weight is 496 g/mol. The van der Waals surface area contributed by atoms with Gasteiger partial charge in [0.25, 0.3) is 0 Å². The van der Waals surface area contributed by atoms with E-state index in [0.29, 0.717) is 18.5 Å². The molecule has 192 valence electrons. The first kappa shape index (κ1) is 23.9. The Balaban J connectivity index is 1.38. The van der Waals surface area contributed by atoms with Gasteiger partial charge in [0.15, 0.2) is 5.78 Å². The quantitative estimate of drug-likeness (QED) is 0.565. The number of allylic oxidation sites excluding steroid dienone is 1. The third-order valence-corrected chi connectivity index (χ3v) is 10.5. The lowest BCUT2D eigenvalue weighted by atomic mass is 9.45. The molecule has 0 bridgehead atoms. The van der Waals surface area contributed by atoms with Crippen LogP contribution in [-0.4, -0.2) is 54.2 Å². The highest BCUT2D eigenvalue weighted by Crippen LogP contribution is 2.68. The standard InChI is InChI=1S/C28H34FN3O4/c1-15-8-20-19-6-4-17-9-21-16(12-31-32(21)18-5-7-24(29)30-13-18)10-26(17,2)25(19)22(34)11-27(20,3)28(15,36)23(35)14-33/h5,7,9,12-13,15,19-20,22,25,33-34,36H,4,6,8,10-11,14H2,1-3H3/t15-,19?,20?,22?,25?,26+,27+,28+/m1/s1. The van der Waals surface area contributed by atoms with Crippen molar-refractivity contribution in [3.63, 3.8) is 0 Å². The molecule has 0 saturated heterocycles. The molecule has 2 aromatic rings. The van der Waals surface area contributed by atoms with Crippen LogP contribution in [0.4, 0.5) is 4.39 Å². The number of halogens is 1. The number of nitrogens with zero attached hydrogens (tertiary/aromatic N) is 3. The fourth-order valence-electron chi connectivity index (χ4n) is 8.93. The van der Waals surface area contributed by atoms with E-state index < -0.39 is 35.5 Å². The molecular formula is C28H34FN3O4. The second-order valence-corrected chi connectivity index (χ2v) is 12.1. The summed E-state index contributed by atoms with van der Waals surface area (Å²) in [6.07, 6.45) is 8.37. The lowest BCUT2D eigenvalue weighted by molar-refractivity contribution is -0.186. The van der Waals surface area contributed by atoms with Crippen LogP contribution in [0.3, 0.4) is 0 Å². The van der Waals surface area contributed by atoms with E-state index in [4.69, 9.17) is 0 Å². The van der Waals surface area contributed by atoms with Crippen LogP contribution in [0.25, 0.3) is 11.8 Å². The van der Waals surface area contributed by atoms with E-state index in [0.717, 1.165) is 30.5 Å². The number of Topliss-reactive ketones (excluding diaryl/α,β-unsaturated/α-hetero) is 1. The predicted octanol–water partition coefficient (Wildman–Crippen LogP) is 3.10. The van der Waals surface area contributed by atoms with Crippen LogP contribution >= 0.6 is 0 Å². The molecule has 0 amide bonds. The summed E-state index contributed by atoms with van der Waals surface area (Å²) in [5.74, 6) is -1.08. The minimum Gasteiger partial charge on any atom is -0.393 e. The Morgan fingerprint density at radius 1 is 1.28 bits per heavy atom. The van der Waals surface area contributed by atoms with Crippen molar-refractivity contribution in [1.82, 2.24) is 14.8 Å². The maximum Gasteiger partial charge on any atom is 0.212 e. The molecule has 4 aliphatic carbocycles. The van der Waals surface area contributed by atoms with E-state index in [1.807, 2.05) is 20.0 Å². The van der Waals surface area contributed by atoms with Crippen LogP contribution in [0.1, 0.15) is 57.7 Å². The van der Waals surface area contributed by atoms with Gasteiger partial charge in [-0.15, -0.1) is 0 Å². The Hall–Kier alpha value is -2.42. The van der Waals surface area contributed by atoms with E-state index in [-0.39, 0.29) is 29.1 Å². The molecular weight excluding hydrogens is 461 g/mol. The summed E-state index contributed by atoms with van der Waals surface area (Å²) in [7, 11) is 0. The number of aliphatic hydroxyl groups excluding tert-OH is 2. The van der Waals surface area contributed by atoms with Crippen LogP contribution in [0.5, 0.6) is 0 Å². The van der Waals surface area contributed by atoms with Crippen molar-refractivity contribution in [3.05, 3.63) is 47.3 Å². The Morgan fingerprint density at radius 3 is 2.75 bits per heavy atom. The molecule has 6 rings (SSSR count). The van der Waals surface area contributed by atoms with E-state index in [2.05, 4.69) is 23.1 Å². The Bertz CT molecular complexity index is 1260. The normalized spacial score (nSPS) is 41.1. The molecule has 8 heteroatoms. The largest absolute Gasteiger partial charge is 0.393 e. The van der Waals surface area contributed by atoms with Gasteiger partial charge in [-0.25, -0.2) is 9.67 Å². The van der Waals surface area contributed by atoms with E-state index >= 15 is 0 Å². The van der Waals surface area contributed by atoms with Crippen LogP contribution in [-0.2, 0) is 11.2 Å². The average Bonchev–Trinajstić information content (AvgIpc) is 3.33. The highest BCUT2D eigenvalue weighted by atomic mass is 19.1. The molecule has 4 aliphatic rings. The molecule has 3 saturated carbocycles. The number of fused-ring (bicyclic) bond motifs is 6. The van der Waals surface area contributed by atoms with Crippen LogP contribution in [0.15, 0.2) is 30.1 Å². The first-order valence-electron chi connectivity index (χ1n) is 13.0. The maximum absolute atomic E-state index is 13.4. The SMILES string of the molecule is C[C@@H]1CC2C3CCC4=Cc5c(cnn5-c5ccc(F)nc5)C[C@]4(C)C3C(O)C[C@]2(C)[C@@]1(O)C(=O)CO. The molecule has 3 N–H and O–H groups in total. The summed E-state index contributed by atoms with van der Waals surface area (Å²) >= 11 is 0. The zero-order valence-electron chi connectivity index (χ0n) is 21.0. The zero-order chi connectivity index (χ0) is 25.6. The molecule has 3 fully saturated rings. The van der Waals surface area contributed by atoms with Crippen LogP contribution in [0.2, 0.25) is 0 Å². The summed E-state index contributed by atoms with van der Waals surface area (Å²) in [4.78, 5) is 16.6. The number of aliphatic hydroxyl groups is 3. The Labute approximate surface area is 210 Å². The van der Waals surface area contributed by atoms with E-state index in [1.165, 1.54) is 17.8 Å². The molecule has 4 unspecified atom stereocenters. The second-order valence-electron chi connectivity index (χ2n) is 12.1. The first-order valence-corrected chi connectivity index (χ1v) is 13.0. The van der Waals surface area contributed by atoms with Crippen molar-refractivity contribution in [1.29, 1.82) is 0 Å². The number of hydrogen-bond acceptors (Lipinski definition) is 6. The van der Waals surface area contributed by atoms with Gasteiger partial charge < -0.3 is 15.3 Å². The zero-order valence-corrected chi connectivity index (χ0v) is 21.0. The monoisotopic (exact) mass is 495 g/mol. The van der Waals surface area contributed by atoms with Gasteiger partial charge in [0.05, 0.1) is 29.9 Å². The number of ketones is 1. The van der Waals surface area contributed by atoms with E-state index in [9.17, 15) is 24.5 Å². The summed E-state index contributed by atoms with van der Waals surface area (Å²) in [6.45, 7) is 5.40. The van der Waals surface area contributed by atoms with Crippen molar-refractivity contribution in [2.45, 2.75) is 64.6 Å². The molecule has 2 heterocycles. The lowest BCUT2D eigenvalue weighted by Gasteiger charge is -2.60. The van der Waals surface area contributed by atoms with Gasteiger partial charge in [-0.05, 0) is 85.0 Å². The third-order valence-electron chi connectivity index (χ3n) is 10.5. The van der Waals surface area contributed by atoms with Crippen molar-refractivity contribution in [3.8, 4) is 5.69 Å². The van der Waals surface area contributed by atoms with Gasteiger partial charge in [-0.1, -0.05) is 26.3 Å². The highest BCUT2D eigenvalue weighted by Gasteiger charge is 2.70. The second kappa shape index (κ2) is 7.79. The van der Waals surface area contributed by atoms with Gasteiger partial charge in [-0.2, -0.15) is 9.49 Å². The number of aromatic nitrogens is 3. The lowest BCUT2D eigenvalue weighted by Crippen LogP contribution is -2.63. The highest BCUT2D eigenvalue weighted by molar-refractivity contribution is 5.90. The third kappa shape index (κ3) is 2.92. The maximum atomic E-state index is 13.4. The van der Waals surface area contributed by atoms with Crippen molar-refractivity contribution in [2.75, 3.05) is 6.61 Å². The molecule has 0 spiro atoms. The predicted molar refractivity (Wildman–Crippen MR) is 130 cm³/mol. The molecule has 0 aromatic carbocycles. The van der Waals surface area contributed by atoms with Gasteiger partial charge >= 0.3 is 0 Å². The summed E-state index contributed by atoms with van der Waals surface area (Å²) < 4.78 is 15.2. The van der Waals surface area contributed by atoms with Crippen molar-refractivity contribution < 1.29 is 24.5 Å². The molecule has 7 nitrogen and oxygen atoms in total. The summed E-state index contributed by atoms with van der Waals surface area (Å²) in [5.41, 5.74) is 1.37. The molecule has 8 atom stereocenters. The number of carbonyl (C=O) groups excluding carboxylic acids is 1. The van der Waals surface area contributed by atoms with Gasteiger partial charge in [0, 0.05) is 5.41 Å². The van der Waals surface area contributed by atoms with Gasteiger partial charge in [-0.3, -0.25) is 4.79 Å². The van der Waals surface area contributed by atoms with Gasteiger partial charge in [0.1, 0.15) is 12.2 Å². The number of carbonyl (C=O) groups is 1. The van der Waals surface area contributed by atoms with Crippen molar-refractivity contribution >= 4 is 11.9 Å². The minimum atomic E-state index is -1.63. The van der Waals surface area contributed by atoms with E-state index in [1.54, 1.807) is 10.7 Å². The topological polar surface area (TPSA) is 108 Å². The molecule has 2 aromatic heterocycles. The van der Waals surface area contributed by atoms with Crippen LogP contribution < -0.4 is 0 Å². The smallest absolute Gasteiger partial charge is 0.212 e. The van der Waals surface area contributed by atoms with Gasteiger partial charge in [0.2, 0.25) is 5.95 Å². The van der Waals surface area contributed by atoms with Crippen molar-refractivity contribution in [2.24, 2.45) is 34.5 Å². The summed E-state index contributed by atoms with van der Waals surface area (Å²) in [6, 6.07) is 3.00. The fourth-order valence-corrected chi connectivity index (χ4v) is 8.93. The molecule has 0 aliphatic heterocycles. The Kier molecular flexibility index (Phi) is 5.18. The number of hydrogen-bond donors (Lipinski definition) is 3. The van der Waals surface area contributed by atoms with Crippen LogP contribution in [0, 0.1) is 40.4 Å². The Morgan fingerprint density at radius 2 is 2.06 bits per heavy atom. The molecule has 36 heavy (non-hydrogen) atoms.